The number of aryl methyl sites for hydroxylation is 2. The number of hydrogen-bond acceptors (Lipinski definition) is 6. The Morgan fingerprint density at radius 2 is 1.88 bits per heavy atom. The van der Waals surface area contributed by atoms with Crippen molar-refractivity contribution in [1.82, 2.24) is 5.32 Å². The first-order valence-electron chi connectivity index (χ1n) is 7.84. The van der Waals surface area contributed by atoms with Gasteiger partial charge in [0.05, 0.1) is 0 Å². The number of fused-ring (bicyclic) bond motifs is 1. The summed E-state index contributed by atoms with van der Waals surface area (Å²) in [6.45, 7) is 5.39. The minimum absolute atomic E-state index is 0.202. The number of carbonyl (C=O) groups is 2. The first kappa shape index (κ1) is 16.9. The molecule has 1 amide bonds. The van der Waals surface area contributed by atoms with Crippen molar-refractivity contribution in [1.29, 1.82) is 0 Å². The van der Waals surface area contributed by atoms with Crippen molar-refractivity contribution < 1.29 is 28.2 Å². The van der Waals surface area contributed by atoms with Gasteiger partial charge in [0.25, 0.3) is 5.91 Å². The average molecular weight is 345 g/mol. The molecule has 0 saturated heterocycles. The van der Waals surface area contributed by atoms with Crippen LogP contribution >= 0.6 is 0 Å². The molecule has 0 aliphatic carbocycles. The molecule has 1 aromatic heterocycles. The zero-order valence-corrected chi connectivity index (χ0v) is 14.3. The molecule has 1 N–H and O–H groups in total. The second-order valence-corrected chi connectivity index (χ2v) is 5.75. The topological polar surface area (TPSA) is 87.0 Å². The number of furan rings is 1. The fraction of sp³-hybridized carbons (Fsp3) is 0.333. The molecule has 0 radical (unpaired) electrons. The number of benzene rings is 1. The predicted molar refractivity (Wildman–Crippen MR) is 87.6 cm³/mol. The van der Waals surface area contributed by atoms with Crippen molar-refractivity contribution >= 4 is 11.9 Å². The number of carbonyl (C=O) groups excluding carboxylic acids is 2. The molecule has 1 aliphatic heterocycles. The van der Waals surface area contributed by atoms with E-state index in [9.17, 15) is 9.59 Å². The van der Waals surface area contributed by atoms with E-state index >= 15 is 0 Å². The largest absolute Gasteiger partial charge is 0.465 e. The van der Waals surface area contributed by atoms with Gasteiger partial charge >= 0.3 is 5.97 Å². The second kappa shape index (κ2) is 6.88. The van der Waals surface area contributed by atoms with Gasteiger partial charge in [0, 0.05) is 12.1 Å². The Bertz CT molecular complexity index is 823. The molecule has 7 nitrogen and oxygen atoms in total. The quantitative estimate of drug-likeness (QED) is 0.838. The maximum absolute atomic E-state index is 12.1. The van der Waals surface area contributed by atoms with Gasteiger partial charge in [0.15, 0.2) is 18.1 Å². The van der Waals surface area contributed by atoms with E-state index in [1.54, 1.807) is 32.9 Å². The van der Waals surface area contributed by atoms with Crippen LogP contribution in [-0.4, -0.2) is 25.3 Å². The smallest absolute Gasteiger partial charge is 0.342 e. The summed E-state index contributed by atoms with van der Waals surface area (Å²) in [6, 6.07) is 5.42. The van der Waals surface area contributed by atoms with Gasteiger partial charge in [-0.3, -0.25) is 4.79 Å². The van der Waals surface area contributed by atoms with Crippen LogP contribution in [0.4, 0.5) is 0 Å². The van der Waals surface area contributed by atoms with Crippen molar-refractivity contribution in [3.05, 3.63) is 46.4 Å². The molecular weight excluding hydrogens is 326 g/mol. The van der Waals surface area contributed by atoms with Crippen LogP contribution in [0, 0.1) is 20.8 Å². The summed E-state index contributed by atoms with van der Waals surface area (Å²) in [6.07, 6.45) is 0. The highest BCUT2D eigenvalue weighted by molar-refractivity contribution is 5.93. The number of rotatable bonds is 5. The molecule has 0 fully saturated rings. The lowest BCUT2D eigenvalue weighted by Gasteiger charge is -2.07. The first-order valence-corrected chi connectivity index (χ1v) is 7.84. The van der Waals surface area contributed by atoms with E-state index in [1.807, 2.05) is 6.07 Å². The molecule has 25 heavy (non-hydrogen) atoms. The summed E-state index contributed by atoms with van der Waals surface area (Å²) < 4.78 is 21.0. The normalized spacial score (nSPS) is 12.1. The Labute approximate surface area is 144 Å². The number of ether oxygens (including phenoxy) is 3. The van der Waals surface area contributed by atoms with Gasteiger partial charge in [-0.15, -0.1) is 0 Å². The molecule has 0 saturated carbocycles. The van der Waals surface area contributed by atoms with Crippen molar-refractivity contribution in [3.8, 4) is 11.5 Å². The monoisotopic (exact) mass is 345 g/mol. The van der Waals surface area contributed by atoms with Crippen LogP contribution in [-0.2, 0) is 16.1 Å². The van der Waals surface area contributed by atoms with Crippen molar-refractivity contribution in [2.24, 2.45) is 0 Å². The van der Waals surface area contributed by atoms with Crippen molar-refractivity contribution in [3.63, 3.8) is 0 Å². The van der Waals surface area contributed by atoms with Gasteiger partial charge in [-0.2, -0.15) is 0 Å². The minimum atomic E-state index is -0.565. The summed E-state index contributed by atoms with van der Waals surface area (Å²) in [5, 5.41) is 2.70. The molecule has 0 atom stereocenters. The van der Waals surface area contributed by atoms with Crippen LogP contribution in [0.2, 0.25) is 0 Å². The fourth-order valence-electron chi connectivity index (χ4n) is 2.60. The Hall–Kier alpha value is -2.96. The van der Waals surface area contributed by atoms with Crippen LogP contribution in [0.25, 0.3) is 0 Å². The molecule has 0 bridgehead atoms. The molecule has 3 rings (SSSR count). The third-order valence-electron chi connectivity index (χ3n) is 4.03. The van der Waals surface area contributed by atoms with E-state index in [0.717, 1.165) is 11.1 Å². The SMILES string of the molecule is Cc1oc(C)c(C(=O)OCC(=O)NCc2ccc3c(c2)OCO3)c1C. The number of amides is 1. The van der Waals surface area contributed by atoms with Crippen molar-refractivity contribution in [2.45, 2.75) is 27.3 Å². The predicted octanol–water partition coefficient (Wildman–Crippen LogP) is 2.41. The highest BCUT2D eigenvalue weighted by atomic mass is 16.7. The Balaban J connectivity index is 1.50. The lowest BCUT2D eigenvalue weighted by Crippen LogP contribution is -2.28. The number of hydrogen-bond donors (Lipinski definition) is 1. The summed E-state index contributed by atoms with van der Waals surface area (Å²) in [5.74, 6) is 1.54. The zero-order valence-electron chi connectivity index (χ0n) is 14.3. The molecule has 1 aromatic carbocycles. The second-order valence-electron chi connectivity index (χ2n) is 5.75. The van der Waals surface area contributed by atoms with Gasteiger partial charge in [-0.1, -0.05) is 6.07 Å². The van der Waals surface area contributed by atoms with E-state index in [2.05, 4.69) is 5.32 Å². The Morgan fingerprint density at radius 3 is 2.60 bits per heavy atom. The van der Waals surface area contributed by atoms with Gasteiger partial charge in [-0.25, -0.2) is 4.79 Å². The van der Waals surface area contributed by atoms with Gasteiger partial charge in [-0.05, 0) is 38.5 Å². The highest BCUT2D eigenvalue weighted by Gasteiger charge is 2.20. The van der Waals surface area contributed by atoms with Crippen LogP contribution in [0.15, 0.2) is 22.6 Å². The number of esters is 1. The van der Waals surface area contributed by atoms with Gasteiger partial charge in [0.2, 0.25) is 6.79 Å². The van der Waals surface area contributed by atoms with E-state index in [-0.39, 0.29) is 19.3 Å². The third-order valence-corrected chi connectivity index (χ3v) is 4.03. The van der Waals surface area contributed by atoms with Crippen LogP contribution in [0.5, 0.6) is 11.5 Å². The van der Waals surface area contributed by atoms with Crippen LogP contribution in [0.1, 0.15) is 33.0 Å². The standard InChI is InChI=1S/C18H19NO6/c1-10-11(2)25-12(3)17(10)18(21)22-8-16(20)19-7-13-4-5-14-15(6-13)24-9-23-14/h4-6H,7-9H2,1-3H3,(H,19,20). The summed E-state index contributed by atoms with van der Waals surface area (Å²) in [5.41, 5.74) is 1.96. The Morgan fingerprint density at radius 1 is 1.12 bits per heavy atom. The molecule has 2 heterocycles. The van der Waals surface area contributed by atoms with E-state index in [1.165, 1.54) is 0 Å². The molecule has 0 unspecified atom stereocenters. The van der Waals surface area contributed by atoms with E-state index in [0.29, 0.717) is 35.1 Å². The summed E-state index contributed by atoms with van der Waals surface area (Å²) >= 11 is 0. The van der Waals surface area contributed by atoms with Crippen molar-refractivity contribution in [2.75, 3.05) is 13.4 Å². The third kappa shape index (κ3) is 3.60. The highest BCUT2D eigenvalue weighted by Crippen LogP contribution is 2.32. The molecule has 0 spiro atoms. The maximum Gasteiger partial charge on any atom is 0.342 e. The summed E-state index contributed by atoms with van der Waals surface area (Å²) in [7, 11) is 0. The first-order chi connectivity index (χ1) is 12.0. The molecule has 7 heteroatoms. The molecule has 1 aliphatic rings. The maximum atomic E-state index is 12.1. The van der Waals surface area contributed by atoms with E-state index < -0.39 is 5.97 Å². The molecular formula is C18H19NO6. The molecule has 132 valence electrons. The Kier molecular flexibility index (Phi) is 4.65. The van der Waals surface area contributed by atoms with Gasteiger partial charge < -0.3 is 23.9 Å². The molecule has 2 aromatic rings. The zero-order chi connectivity index (χ0) is 18.0. The van der Waals surface area contributed by atoms with Crippen LogP contribution < -0.4 is 14.8 Å². The van der Waals surface area contributed by atoms with Crippen LogP contribution in [0.3, 0.4) is 0 Å². The fourth-order valence-corrected chi connectivity index (χ4v) is 2.60. The average Bonchev–Trinajstić information content (AvgIpc) is 3.14. The lowest BCUT2D eigenvalue weighted by atomic mass is 10.1. The van der Waals surface area contributed by atoms with Gasteiger partial charge in [0.1, 0.15) is 17.1 Å². The van der Waals surface area contributed by atoms with E-state index in [4.69, 9.17) is 18.6 Å². The minimum Gasteiger partial charge on any atom is -0.465 e. The summed E-state index contributed by atoms with van der Waals surface area (Å²) in [4.78, 5) is 24.0. The lowest BCUT2D eigenvalue weighted by molar-refractivity contribution is -0.124. The number of nitrogens with one attached hydrogen (secondary N) is 1.